The Morgan fingerprint density at radius 2 is 1.50 bits per heavy atom. The summed E-state index contributed by atoms with van der Waals surface area (Å²) in [6.45, 7) is -0.428. The molecule has 0 amide bonds. The van der Waals surface area contributed by atoms with Gasteiger partial charge in [-0.05, 0) is 43.2 Å². The van der Waals surface area contributed by atoms with Gasteiger partial charge in [-0.2, -0.15) is 4.31 Å². The molecule has 1 aliphatic heterocycles. The van der Waals surface area contributed by atoms with Gasteiger partial charge in [0.2, 0.25) is 10.0 Å². The Morgan fingerprint density at radius 1 is 0.893 bits per heavy atom. The maximum atomic E-state index is 13.9. The standard InChI is InChI=1S/C18H14F5NO3S/c19-11-1-2-13(20)12(9-11)18(25)10-5-7-24(8-6-10)28(26,27)15-4-3-14(21)16(22)17(15)23/h1-4,9-10H,5-8H2. The molecule has 0 bridgehead atoms. The van der Waals surface area contributed by atoms with Gasteiger partial charge in [-0.3, -0.25) is 4.79 Å². The second-order valence-electron chi connectivity index (χ2n) is 6.34. The Kier molecular flexibility index (Phi) is 5.53. The lowest BCUT2D eigenvalue weighted by Crippen LogP contribution is -2.40. The lowest BCUT2D eigenvalue weighted by Gasteiger charge is -2.30. The minimum atomic E-state index is -4.45. The number of carbonyl (C=O) groups is 1. The molecule has 1 aliphatic rings. The van der Waals surface area contributed by atoms with E-state index < -0.39 is 61.3 Å². The van der Waals surface area contributed by atoms with Crippen molar-refractivity contribution in [3.63, 3.8) is 0 Å². The zero-order valence-electron chi connectivity index (χ0n) is 14.3. The van der Waals surface area contributed by atoms with Crippen LogP contribution in [-0.2, 0) is 10.0 Å². The average Bonchev–Trinajstić information content (AvgIpc) is 2.67. The van der Waals surface area contributed by atoms with Crippen molar-refractivity contribution in [2.75, 3.05) is 13.1 Å². The number of nitrogens with zero attached hydrogens (tertiary/aromatic N) is 1. The maximum absolute atomic E-state index is 13.9. The molecule has 4 nitrogen and oxygen atoms in total. The number of hydrogen-bond acceptors (Lipinski definition) is 3. The summed E-state index contributed by atoms with van der Waals surface area (Å²) in [5.74, 6) is -8.31. The van der Waals surface area contributed by atoms with Gasteiger partial charge in [-0.1, -0.05) is 0 Å². The second kappa shape index (κ2) is 7.59. The number of benzene rings is 2. The lowest BCUT2D eigenvalue weighted by atomic mass is 9.89. The highest BCUT2D eigenvalue weighted by molar-refractivity contribution is 7.89. The number of hydrogen-bond donors (Lipinski definition) is 0. The van der Waals surface area contributed by atoms with Crippen molar-refractivity contribution in [2.24, 2.45) is 5.92 Å². The van der Waals surface area contributed by atoms with E-state index in [-0.39, 0.29) is 25.9 Å². The van der Waals surface area contributed by atoms with E-state index in [9.17, 15) is 35.2 Å². The zero-order chi connectivity index (χ0) is 20.6. The highest BCUT2D eigenvalue weighted by Crippen LogP contribution is 2.29. The molecule has 0 atom stereocenters. The van der Waals surface area contributed by atoms with Crippen molar-refractivity contribution >= 4 is 15.8 Å². The molecule has 150 valence electrons. The van der Waals surface area contributed by atoms with Gasteiger partial charge in [0.1, 0.15) is 16.5 Å². The van der Waals surface area contributed by atoms with Crippen LogP contribution in [0.2, 0.25) is 0 Å². The first-order valence-corrected chi connectivity index (χ1v) is 9.70. The molecule has 0 spiro atoms. The van der Waals surface area contributed by atoms with Crippen LogP contribution in [0.15, 0.2) is 35.2 Å². The van der Waals surface area contributed by atoms with Crippen molar-refractivity contribution in [2.45, 2.75) is 17.7 Å². The van der Waals surface area contributed by atoms with Gasteiger partial charge in [0, 0.05) is 19.0 Å². The molecule has 10 heteroatoms. The molecule has 2 aromatic rings. The number of carbonyl (C=O) groups excluding carboxylic acids is 1. The first-order chi connectivity index (χ1) is 13.1. The third-order valence-corrected chi connectivity index (χ3v) is 6.55. The van der Waals surface area contributed by atoms with Crippen LogP contribution in [0.4, 0.5) is 22.0 Å². The van der Waals surface area contributed by atoms with Crippen LogP contribution in [0.1, 0.15) is 23.2 Å². The summed E-state index contributed by atoms with van der Waals surface area (Å²) in [5.41, 5.74) is -0.423. The summed E-state index contributed by atoms with van der Waals surface area (Å²) in [6.07, 6.45) is -0.0291. The van der Waals surface area contributed by atoms with Crippen molar-refractivity contribution in [3.05, 3.63) is 65.0 Å². The fourth-order valence-electron chi connectivity index (χ4n) is 3.11. The summed E-state index contributed by atoms with van der Waals surface area (Å²) >= 11 is 0. The number of piperidine rings is 1. The number of Topliss-reactive ketones (excluding diaryl/α,β-unsaturated/α-hetero) is 1. The molecule has 0 saturated carbocycles. The first kappa shape index (κ1) is 20.4. The molecule has 1 saturated heterocycles. The third kappa shape index (κ3) is 3.66. The Balaban J connectivity index is 1.77. The van der Waals surface area contributed by atoms with Crippen LogP contribution < -0.4 is 0 Å². The van der Waals surface area contributed by atoms with Gasteiger partial charge in [0.25, 0.3) is 0 Å². The molecule has 3 rings (SSSR count). The summed E-state index contributed by atoms with van der Waals surface area (Å²) in [7, 11) is -4.45. The van der Waals surface area contributed by atoms with E-state index in [2.05, 4.69) is 0 Å². The normalized spacial score (nSPS) is 16.3. The van der Waals surface area contributed by atoms with Gasteiger partial charge in [-0.15, -0.1) is 0 Å². The van der Waals surface area contributed by atoms with Gasteiger partial charge in [-0.25, -0.2) is 30.4 Å². The molecule has 28 heavy (non-hydrogen) atoms. The SMILES string of the molecule is O=C(c1cc(F)ccc1F)C1CCN(S(=O)(=O)c2ccc(F)c(F)c2F)CC1. The van der Waals surface area contributed by atoms with E-state index in [4.69, 9.17) is 0 Å². The van der Waals surface area contributed by atoms with E-state index >= 15 is 0 Å². The van der Waals surface area contributed by atoms with Gasteiger partial charge in [0.05, 0.1) is 5.56 Å². The zero-order valence-corrected chi connectivity index (χ0v) is 15.1. The van der Waals surface area contributed by atoms with Crippen LogP contribution in [-0.4, -0.2) is 31.6 Å². The predicted molar refractivity (Wildman–Crippen MR) is 88.5 cm³/mol. The molecule has 1 fully saturated rings. The lowest BCUT2D eigenvalue weighted by molar-refractivity contribution is 0.0870. The van der Waals surface area contributed by atoms with Crippen LogP contribution in [0.3, 0.4) is 0 Å². The fourth-order valence-corrected chi connectivity index (χ4v) is 4.64. The topological polar surface area (TPSA) is 54.5 Å². The Bertz CT molecular complexity index is 1030. The summed E-state index contributed by atoms with van der Waals surface area (Å²) < 4.78 is 93.2. The molecular weight excluding hydrogens is 405 g/mol. The van der Waals surface area contributed by atoms with Crippen molar-refractivity contribution < 1.29 is 35.2 Å². The number of sulfonamides is 1. The van der Waals surface area contributed by atoms with Gasteiger partial charge >= 0.3 is 0 Å². The Labute approximate surface area is 157 Å². The summed E-state index contributed by atoms with van der Waals surface area (Å²) in [4.78, 5) is 11.4. The average molecular weight is 419 g/mol. The first-order valence-electron chi connectivity index (χ1n) is 8.26. The smallest absolute Gasteiger partial charge is 0.246 e. The number of rotatable bonds is 4. The molecule has 0 N–H and O–H groups in total. The molecule has 0 unspecified atom stereocenters. The predicted octanol–water partition coefficient (Wildman–Crippen LogP) is 3.67. The van der Waals surface area contributed by atoms with E-state index in [0.29, 0.717) is 12.1 Å². The molecule has 1 heterocycles. The fraction of sp³-hybridized carbons (Fsp3) is 0.278. The molecule has 0 radical (unpaired) electrons. The molecule has 0 aromatic heterocycles. The van der Waals surface area contributed by atoms with E-state index in [1.165, 1.54) is 0 Å². The van der Waals surface area contributed by atoms with E-state index in [0.717, 1.165) is 22.5 Å². The third-order valence-electron chi connectivity index (χ3n) is 4.64. The number of ketones is 1. The largest absolute Gasteiger partial charge is 0.294 e. The summed E-state index contributed by atoms with van der Waals surface area (Å²) in [6, 6.07) is 3.61. The van der Waals surface area contributed by atoms with Crippen LogP contribution >= 0.6 is 0 Å². The second-order valence-corrected chi connectivity index (χ2v) is 8.25. The van der Waals surface area contributed by atoms with Crippen LogP contribution in [0.5, 0.6) is 0 Å². The summed E-state index contributed by atoms with van der Waals surface area (Å²) in [5, 5.41) is 0. The quantitative estimate of drug-likeness (QED) is 0.432. The van der Waals surface area contributed by atoms with E-state index in [1.807, 2.05) is 0 Å². The van der Waals surface area contributed by atoms with Crippen molar-refractivity contribution in [1.29, 1.82) is 0 Å². The number of halogens is 5. The highest BCUT2D eigenvalue weighted by atomic mass is 32.2. The van der Waals surface area contributed by atoms with E-state index in [1.54, 1.807) is 0 Å². The van der Waals surface area contributed by atoms with Crippen LogP contribution in [0.25, 0.3) is 0 Å². The minimum absolute atomic E-state index is 0.0146. The van der Waals surface area contributed by atoms with Crippen molar-refractivity contribution in [3.8, 4) is 0 Å². The highest BCUT2D eigenvalue weighted by Gasteiger charge is 2.35. The Morgan fingerprint density at radius 3 is 2.14 bits per heavy atom. The van der Waals surface area contributed by atoms with Gasteiger partial charge in [0.15, 0.2) is 23.2 Å². The van der Waals surface area contributed by atoms with Crippen molar-refractivity contribution in [1.82, 2.24) is 4.31 Å². The maximum Gasteiger partial charge on any atom is 0.246 e. The monoisotopic (exact) mass is 419 g/mol. The van der Waals surface area contributed by atoms with Gasteiger partial charge < -0.3 is 0 Å². The van der Waals surface area contributed by atoms with Crippen LogP contribution in [0, 0.1) is 35.0 Å². The minimum Gasteiger partial charge on any atom is -0.294 e. The Hall–Kier alpha value is -2.33. The molecule has 2 aromatic carbocycles. The molecular formula is C18H14F5NO3S. The molecule has 0 aliphatic carbocycles.